The highest BCUT2D eigenvalue weighted by Gasteiger charge is 2.70. The van der Waals surface area contributed by atoms with E-state index in [1.54, 1.807) is 12.1 Å². The number of hydrogen-bond donors (Lipinski definition) is 4. The Bertz CT molecular complexity index is 1510. The molecule has 0 unspecified atom stereocenters. The monoisotopic (exact) mass is 657 g/mol. The number of carbonyl (C=O) groups excluding carboxylic acids is 2. The van der Waals surface area contributed by atoms with E-state index >= 15 is 0 Å². The second kappa shape index (κ2) is 12.1. The molecule has 6 rings (SSSR count). The number of allylic oxidation sites excluding steroid dienone is 3. The minimum atomic E-state index is -0.883. The first kappa shape index (κ1) is 34.8. The highest BCUT2D eigenvalue weighted by atomic mass is 16.4. The molecule has 0 bridgehead atoms. The van der Waals surface area contributed by atoms with Gasteiger partial charge in [-0.25, -0.2) is 9.59 Å². The molecule has 0 spiro atoms. The third-order valence-corrected chi connectivity index (χ3v) is 15.2. The summed E-state index contributed by atoms with van der Waals surface area (Å²) in [5, 5.41) is 18.8. The van der Waals surface area contributed by atoms with Crippen LogP contribution in [0.1, 0.15) is 122 Å². The average Bonchev–Trinajstić information content (AvgIpc) is 3.39. The van der Waals surface area contributed by atoms with Crippen LogP contribution in [0.5, 0.6) is 0 Å². The fraction of sp³-hybridized carbons (Fsp3) is 0.683. The largest absolute Gasteiger partial charge is 0.478 e. The minimum absolute atomic E-state index is 0.0216. The molecule has 0 aromatic heterocycles. The van der Waals surface area contributed by atoms with Crippen molar-refractivity contribution < 1.29 is 19.5 Å². The van der Waals surface area contributed by atoms with Crippen LogP contribution in [0.2, 0.25) is 0 Å². The zero-order chi connectivity index (χ0) is 34.9. The summed E-state index contributed by atoms with van der Waals surface area (Å²) in [7, 11) is 0. The van der Waals surface area contributed by atoms with Crippen molar-refractivity contribution in [2.75, 3.05) is 13.1 Å². The van der Waals surface area contributed by atoms with Gasteiger partial charge in [0, 0.05) is 25.6 Å². The summed E-state index contributed by atoms with van der Waals surface area (Å²) in [6, 6.07) is 7.39. The highest BCUT2D eigenvalue weighted by molar-refractivity contribution is 5.88. The minimum Gasteiger partial charge on any atom is -0.478 e. The number of urea groups is 1. The van der Waals surface area contributed by atoms with E-state index in [0.717, 1.165) is 37.7 Å². The molecule has 5 aliphatic rings. The Balaban J connectivity index is 1.28. The van der Waals surface area contributed by atoms with Gasteiger partial charge in [-0.15, -0.1) is 0 Å². The Kier molecular flexibility index (Phi) is 8.73. The molecule has 4 fully saturated rings. The summed E-state index contributed by atoms with van der Waals surface area (Å²) < 4.78 is 0. The van der Waals surface area contributed by atoms with E-state index in [4.69, 9.17) is 0 Å². The van der Waals surface area contributed by atoms with E-state index in [1.807, 2.05) is 12.1 Å². The van der Waals surface area contributed by atoms with Gasteiger partial charge in [-0.2, -0.15) is 0 Å². The molecule has 9 atom stereocenters. The van der Waals surface area contributed by atoms with Crippen LogP contribution in [-0.4, -0.2) is 41.6 Å². The summed E-state index contributed by atoms with van der Waals surface area (Å²) in [5.74, 6) is 1.49. The van der Waals surface area contributed by atoms with Gasteiger partial charge in [0.05, 0.1) is 5.56 Å². The van der Waals surface area contributed by atoms with Gasteiger partial charge < -0.3 is 21.1 Å². The van der Waals surface area contributed by atoms with E-state index in [-0.39, 0.29) is 39.1 Å². The lowest BCUT2D eigenvalue weighted by atomic mass is 9.33. The molecule has 48 heavy (non-hydrogen) atoms. The number of nitrogens with one attached hydrogen (secondary N) is 3. The first-order valence-corrected chi connectivity index (χ1v) is 18.5. The van der Waals surface area contributed by atoms with Gasteiger partial charge in [-0.05, 0) is 139 Å². The number of carboxylic acid groups (broad SMARTS) is 1. The predicted molar refractivity (Wildman–Crippen MR) is 191 cm³/mol. The van der Waals surface area contributed by atoms with Crippen LogP contribution >= 0.6 is 0 Å². The van der Waals surface area contributed by atoms with Gasteiger partial charge >= 0.3 is 12.0 Å². The van der Waals surface area contributed by atoms with Crippen molar-refractivity contribution in [3.8, 4) is 0 Å². The second-order valence-corrected chi connectivity index (χ2v) is 17.6. The number of fused-ring (bicyclic) bond motifs is 7. The molecular formula is C41H59N3O4. The highest BCUT2D eigenvalue weighted by Crippen LogP contribution is 2.76. The molecule has 5 aliphatic carbocycles. The second-order valence-electron chi connectivity index (χ2n) is 17.6. The zero-order valence-corrected chi connectivity index (χ0v) is 30.4. The Labute approximate surface area is 288 Å². The lowest BCUT2D eigenvalue weighted by molar-refractivity contribution is -0.218. The van der Waals surface area contributed by atoms with Crippen molar-refractivity contribution in [3.05, 3.63) is 53.6 Å². The van der Waals surface area contributed by atoms with Crippen molar-refractivity contribution >= 4 is 23.5 Å². The van der Waals surface area contributed by atoms with E-state index in [2.05, 4.69) is 70.1 Å². The van der Waals surface area contributed by atoms with Gasteiger partial charge in [0.15, 0.2) is 0 Å². The maximum atomic E-state index is 13.3. The predicted octanol–water partition coefficient (Wildman–Crippen LogP) is 8.22. The molecule has 7 heteroatoms. The number of carboxylic acids is 1. The first-order chi connectivity index (χ1) is 22.5. The zero-order valence-electron chi connectivity index (χ0n) is 30.4. The smallest absolute Gasteiger partial charge is 0.335 e. The van der Waals surface area contributed by atoms with Crippen molar-refractivity contribution in [1.82, 2.24) is 16.0 Å². The van der Waals surface area contributed by atoms with Crippen LogP contribution in [0.15, 0.2) is 42.5 Å². The van der Waals surface area contributed by atoms with E-state index in [0.29, 0.717) is 48.2 Å². The molecule has 4 N–H and O–H groups in total. The van der Waals surface area contributed by atoms with Crippen molar-refractivity contribution in [2.24, 2.45) is 51.2 Å². The molecule has 4 saturated carbocycles. The van der Waals surface area contributed by atoms with Crippen LogP contribution in [0.3, 0.4) is 0 Å². The van der Waals surface area contributed by atoms with Gasteiger partial charge in [0.1, 0.15) is 0 Å². The number of rotatable bonds is 7. The topological polar surface area (TPSA) is 108 Å². The lowest BCUT2D eigenvalue weighted by Gasteiger charge is -2.72. The third-order valence-electron chi connectivity index (χ3n) is 15.2. The summed E-state index contributed by atoms with van der Waals surface area (Å²) in [6.07, 6.45) is 12.6. The number of benzene rings is 1. The third kappa shape index (κ3) is 5.24. The summed E-state index contributed by atoms with van der Waals surface area (Å²) in [4.78, 5) is 36.2. The van der Waals surface area contributed by atoms with Crippen LogP contribution < -0.4 is 16.0 Å². The van der Waals surface area contributed by atoms with Crippen molar-refractivity contribution in [3.63, 3.8) is 0 Å². The molecule has 0 aliphatic heterocycles. The van der Waals surface area contributed by atoms with Gasteiger partial charge in [-0.3, -0.25) is 4.79 Å². The Morgan fingerprint density at radius 3 is 2.17 bits per heavy atom. The number of amides is 3. The van der Waals surface area contributed by atoms with E-state index in [9.17, 15) is 19.5 Å². The maximum Gasteiger partial charge on any atom is 0.335 e. The average molecular weight is 658 g/mol. The molecule has 1 aromatic carbocycles. The van der Waals surface area contributed by atoms with Gasteiger partial charge in [-0.1, -0.05) is 65.0 Å². The first-order valence-electron chi connectivity index (χ1n) is 18.5. The Hall–Kier alpha value is -3.09. The van der Waals surface area contributed by atoms with Crippen LogP contribution in [0, 0.1) is 51.2 Å². The Morgan fingerprint density at radius 2 is 1.52 bits per heavy atom. The number of aromatic carboxylic acids is 1. The molecule has 7 nitrogen and oxygen atoms in total. The normalized spacial score (nSPS) is 39.4. The lowest BCUT2D eigenvalue weighted by Crippen LogP contribution is -2.68. The summed E-state index contributed by atoms with van der Waals surface area (Å²) >= 11 is 0. The van der Waals surface area contributed by atoms with E-state index in [1.165, 1.54) is 43.8 Å². The molecule has 0 radical (unpaired) electrons. The van der Waals surface area contributed by atoms with Crippen LogP contribution in [-0.2, 0) is 4.79 Å². The molecule has 1 aromatic rings. The molecule has 0 saturated heterocycles. The van der Waals surface area contributed by atoms with Gasteiger partial charge in [0.25, 0.3) is 0 Å². The van der Waals surface area contributed by atoms with Crippen molar-refractivity contribution in [2.45, 2.75) is 112 Å². The molecular weight excluding hydrogens is 598 g/mol. The SMILES string of the molecule is C=C(C)[C@@H]1CC[C@]2(NC(=O)NCCNC(C)=O)CC[C@]3(C)[C@H](CC[C@@H]4[C@@]5(C)CC=C(c6ccc(C(=O)O)cc6)C(C)(C)[C@@H]5CC[C@]43C)[C@@H]12. The van der Waals surface area contributed by atoms with Crippen LogP contribution in [0.25, 0.3) is 5.57 Å². The van der Waals surface area contributed by atoms with Crippen LogP contribution in [0.4, 0.5) is 4.79 Å². The summed E-state index contributed by atoms with van der Waals surface area (Å²) in [5.41, 5.74) is 4.40. The van der Waals surface area contributed by atoms with Crippen molar-refractivity contribution in [1.29, 1.82) is 0 Å². The summed E-state index contributed by atoms with van der Waals surface area (Å²) in [6.45, 7) is 21.8. The molecule has 3 amide bonds. The van der Waals surface area contributed by atoms with Gasteiger partial charge in [0.2, 0.25) is 5.91 Å². The Morgan fingerprint density at radius 1 is 0.833 bits per heavy atom. The molecule has 0 heterocycles. The molecule has 262 valence electrons. The standard InChI is InChI=1S/C41H59N3O4/c1-25(2)29-15-20-41(44-36(48)43-24-23-42-26(3)45)22-21-39(7)31(34(29)41)13-14-33-38(6)18-16-30(27-9-11-28(12-10-27)35(46)47)37(4,5)32(38)17-19-40(33,39)8/h9-12,16,29,31-34H,1,13-15,17-24H2,2-8H3,(H,42,45)(H,46,47)(H2,43,44,48)/t29-,31+,32-,33+,34+,38-,39+,40+,41-/m0/s1. The number of carbonyl (C=O) groups is 3. The maximum absolute atomic E-state index is 13.3. The fourth-order valence-electron chi connectivity index (χ4n) is 12.9. The quantitative estimate of drug-likeness (QED) is 0.175. The van der Waals surface area contributed by atoms with E-state index < -0.39 is 5.97 Å². The number of hydrogen-bond acceptors (Lipinski definition) is 3. The fourth-order valence-corrected chi connectivity index (χ4v) is 12.9.